The Morgan fingerprint density at radius 3 is 2.25 bits per heavy atom. The summed E-state index contributed by atoms with van der Waals surface area (Å²) in [6.45, 7) is 8.20. The molecule has 20 heavy (non-hydrogen) atoms. The summed E-state index contributed by atoms with van der Waals surface area (Å²) in [6.07, 6.45) is 1.18. The van der Waals surface area contributed by atoms with Crippen LogP contribution in [0.5, 0.6) is 5.75 Å². The van der Waals surface area contributed by atoms with Crippen molar-refractivity contribution >= 4 is 12.6 Å². The van der Waals surface area contributed by atoms with Crippen LogP contribution >= 0.6 is 0 Å². The second-order valence-corrected chi connectivity index (χ2v) is 5.75. The van der Waals surface area contributed by atoms with Gasteiger partial charge in [-0.2, -0.15) is 0 Å². The maximum atomic E-state index is 9.00. The van der Waals surface area contributed by atoms with Gasteiger partial charge in [-0.1, -0.05) is 26.0 Å². The maximum Gasteiger partial charge on any atom is 0.488 e. The fourth-order valence-corrected chi connectivity index (χ4v) is 2.13. The molecule has 5 heteroatoms. The minimum Gasteiger partial charge on any atom is -0.492 e. The van der Waals surface area contributed by atoms with Crippen molar-refractivity contribution in [1.82, 2.24) is 4.90 Å². The van der Waals surface area contributed by atoms with E-state index in [1.54, 1.807) is 24.3 Å². The molecule has 112 valence electrons. The van der Waals surface area contributed by atoms with E-state index < -0.39 is 7.12 Å². The highest BCUT2D eigenvalue weighted by Gasteiger charge is 2.12. The Kier molecular flexibility index (Phi) is 7.06. The third-order valence-electron chi connectivity index (χ3n) is 3.46. The van der Waals surface area contributed by atoms with Crippen molar-refractivity contribution in [3.63, 3.8) is 0 Å². The summed E-state index contributed by atoms with van der Waals surface area (Å²) in [6, 6.07) is 7.37. The van der Waals surface area contributed by atoms with Crippen LogP contribution in [0.3, 0.4) is 0 Å². The first-order valence-electron chi connectivity index (χ1n) is 7.19. The summed E-state index contributed by atoms with van der Waals surface area (Å²) >= 11 is 0. The number of rotatable bonds is 8. The lowest BCUT2D eigenvalue weighted by molar-refractivity contribution is 0.184. The molecule has 0 radical (unpaired) electrons. The van der Waals surface area contributed by atoms with Gasteiger partial charge >= 0.3 is 7.12 Å². The monoisotopic (exact) mass is 279 g/mol. The molecule has 1 aromatic rings. The van der Waals surface area contributed by atoms with Crippen molar-refractivity contribution in [2.75, 3.05) is 20.2 Å². The highest BCUT2D eigenvalue weighted by Crippen LogP contribution is 2.10. The van der Waals surface area contributed by atoms with Crippen molar-refractivity contribution in [3.8, 4) is 5.75 Å². The zero-order chi connectivity index (χ0) is 15.1. The van der Waals surface area contributed by atoms with Gasteiger partial charge in [-0.25, -0.2) is 0 Å². The SMILES string of the molecule is CC(C)CC(C)N(C)CCOc1ccc(B(O)O)cc1. The third kappa shape index (κ3) is 5.95. The average Bonchev–Trinajstić information content (AvgIpc) is 2.38. The van der Waals surface area contributed by atoms with E-state index in [0.29, 0.717) is 24.0 Å². The van der Waals surface area contributed by atoms with Gasteiger partial charge in [0, 0.05) is 12.6 Å². The van der Waals surface area contributed by atoms with Crippen LogP contribution in [0.2, 0.25) is 0 Å². The van der Waals surface area contributed by atoms with Crippen LogP contribution in [-0.4, -0.2) is 48.3 Å². The molecule has 0 aromatic heterocycles. The van der Waals surface area contributed by atoms with E-state index in [2.05, 4.69) is 32.7 Å². The van der Waals surface area contributed by atoms with E-state index in [1.807, 2.05) is 0 Å². The topological polar surface area (TPSA) is 52.9 Å². The zero-order valence-corrected chi connectivity index (χ0v) is 12.9. The van der Waals surface area contributed by atoms with Crippen molar-refractivity contribution < 1.29 is 14.8 Å². The first kappa shape index (κ1) is 17.0. The van der Waals surface area contributed by atoms with Crippen molar-refractivity contribution in [3.05, 3.63) is 24.3 Å². The quantitative estimate of drug-likeness (QED) is 0.700. The minimum absolute atomic E-state index is 0.472. The summed E-state index contributed by atoms with van der Waals surface area (Å²) in [7, 11) is 0.689. The van der Waals surface area contributed by atoms with Gasteiger partial charge in [0.05, 0.1) is 0 Å². The Balaban J connectivity index is 2.33. The van der Waals surface area contributed by atoms with Crippen LogP contribution in [0, 0.1) is 5.92 Å². The molecule has 0 amide bonds. The third-order valence-corrected chi connectivity index (χ3v) is 3.46. The molecule has 4 nitrogen and oxygen atoms in total. The number of ether oxygens (including phenoxy) is 1. The molecule has 0 aliphatic heterocycles. The zero-order valence-electron chi connectivity index (χ0n) is 12.9. The highest BCUT2D eigenvalue weighted by atomic mass is 16.5. The Hall–Kier alpha value is -1.04. The van der Waals surface area contributed by atoms with Crippen LogP contribution in [-0.2, 0) is 0 Å². The van der Waals surface area contributed by atoms with Gasteiger partial charge in [-0.15, -0.1) is 0 Å². The lowest BCUT2D eigenvalue weighted by Crippen LogP contribution is -2.33. The van der Waals surface area contributed by atoms with Gasteiger partial charge in [0.2, 0.25) is 0 Å². The molecule has 1 unspecified atom stereocenters. The van der Waals surface area contributed by atoms with Gasteiger partial charge in [0.15, 0.2) is 0 Å². The maximum absolute atomic E-state index is 9.00. The van der Waals surface area contributed by atoms with Crippen LogP contribution in [0.15, 0.2) is 24.3 Å². The first-order chi connectivity index (χ1) is 9.40. The van der Waals surface area contributed by atoms with Gasteiger partial charge in [-0.3, -0.25) is 0 Å². The molecule has 0 spiro atoms. The molecule has 0 fully saturated rings. The van der Waals surface area contributed by atoms with Gasteiger partial charge in [0.25, 0.3) is 0 Å². The summed E-state index contributed by atoms with van der Waals surface area (Å²) in [5.74, 6) is 1.45. The van der Waals surface area contributed by atoms with E-state index in [-0.39, 0.29) is 0 Å². The Morgan fingerprint density at radius 1 is 1.15 bits per heavy atom. The number of nitrogens with zero attached hydrogens (tertiary/aromatic N) is 1. The predicted molar refractivity (Wildman–Crippen MR) is 83.3 cm³/mol. The number of hydrogen-bond donors (Lipinski definition) is 2. The van der Waals surface area contributed by atoms with E-state index in [0.717, 1.165) is 12.3 Å². The van der Waals surface area contributed by atoms with E-state index in [4.69, 9.17) is 14.8 Å². The van der Waals surface area contributed by atoms with Gasteiger partial charge in [0.1, 0.15) is 12.4 Å². The minimum atomic E-state index is -1.42. The number of likely N-dealkylation sites (N-methyl/N-ethyl adjacent to an activating group) is 1. The highest BCUT2D eigenvalue weighted by molar-refractivity contribution is 6.58. The van der Waals surface area contributed by atoms with Crippen LogP contribution in [0.4, 0.5) is 0 Å². The van der Waals surface area contributed by atoms with Crippen LogP contribution in [0.1, 0.15) is 27.2 Å². The molecule has 0 bridgehead atoms. The summed E-state index contributed by atoms with van der Waals surface area (Å²) in [4.78, 5) is 2.30. The largest absolute Gasteiger partial charge is 0.492 e. The summed E-state index contributed by atoms with van der Waals surface area (Å²) in [5.41, 5.74) is 0.472. The fraction of sp³-hybridized carbons (Fsp3) is 0.600. The molecule has 0 aliphatic carbocycles. The molecule has 0 aliphatic rings. The molecular formula is C15H26BNO3. The molecule has 1 aromatic carbocycles. The van der Waals surface area contributed by atoms with Gasteiger partial charge < -0.3 is 19.7 Å². The van der Waals surface area contributed by atoms with Crippen molar-refractivity contribution in [1.29, 1.82) is 0 Å². The molecule has 0 saturated carbocycles. The standard InChI is InChI=1S/C15H26BNO3/c1-12(2)11-13(3)17(4)9-10-20-15-7-5-14(6-8-15)16(18)19/h5-8,12-13,18-19H,9-11H2,1-4H3. The molecule has 0 saturated heterocycles. The van der Waals surface area contributed by atoms with E-state index in [9.17, 15) is 0 Å². The van der Waals surface area contributed by atoms with Crippen molar-refractivity contribution in [2.45, 2.75) is 33.2 Å². The summed E-state index contributed by atoms with van der Waals surface area (Å²) < 4.78 is 5.66. The molecule has 2 N–H and O–H groups in total. The first-order valence-corrected chi connectivity index (χ1v) is 7.19. The number of benzene rings is 1. The van der Waals surface area contributed by atoms with E-state index >= 15 is 0 Å². The fourth-order valence-electron chi connectivity index (χ4n) is 2.13. The van der Waals surface area contributed by atoms with E-state index in [1.165, 1.54) is 6.42 Å². The Labute approximate surface area is 122 Å². The molecule has 0 heterocycles. The average molecular weight is 279 g/mol. The Morgan fingerprint density at radius 2 is 1.75 bits per heavy atom. The second-order valence-electron chi connectivity index (χ2n) is 5.75. The normalized spacial score (nSPS) is 12.8. The van der Waals surface area contributed by atoms with Crippen LogP contribution < -0.4 is 10.2 Å². The number of hydrogen-bond acceptors (Lipinski definition) is 4. The summed E-state index contributed by atoms with van der Waals surface area (Å²) in [5, 5.41) is 18.0. The lowest BCUT2D eigenvalue weighted by atomic mass is 9.80. The Bertz CT molecular complexity index is 381. The second kappa shape index (κ2) is 8.30. The molecular weight excluding hydrogens is 253 g/mol. The molecule has 1 atom stereocenters. The predicted octanol–water partition coefficient (Wildman–Crippen LogP) is 1.11. The lowest BCUT2D eigenvalue weighted by Gasteiger charge is -2.26. The van der Waals surface area contributed by atoms with Crippen LogP contribution in [0.25, 0.3) is 0 Å². The van der Waals surface area contributed by atoms with Crippen molar-refractivity contribution in [2.24, 2.45) is 5.92 Å². The van der Waals surface area contributed by atoms with Gasteiger partial charge in [-0.05, 0) is 43.9 Å². The molecule has 1 rings (SSSR count). The smallest absolute Gasteiger partial charge is 0.488 e.